The summed E-state index contributed by atoms with van der Waals surface area (Å²) in [5, 5.41) is 5.58. The third kappa shape index (κ3) is 3.97. The Morgan fingerprint density at radius 3 is 2.69 bits per heavy atom. The van der Waals surface area contributed by atoms with Crippen LogP contribution in [0.15, 0.2) is 59.3 Å². The van der Waals surface area contributed by atoms with Crippen LogP contribution in [-0.2, 0) is 6.54 Å². The van der Waals surface area contributed by atoms with Gasteiger partial charge in [-0.3, -0.25) is 14.6 Å². The summed E-state index contributed by atoms with van der Waals surface area (Å²) in [5.41, 5.74) is 3.34. The number of aromatic nitrogens is 1. The lowest BCUT2D eigenvalue weighted by molar-refractivity contribution is 0.0948. The van der Waals surface area contributed by atoms with Gasteiger partial charge in [-0.05, 0) is 55.3 Å². The fourth-order valence-electron chi connectivity index (χ4n) is 2.45. The van der Waals surface area contributed by atoms with Gasteiger partial charge in [-0.15, -0.1) is 0 Å². The van der Waals surface area contributed by atoms with E-state index in [1.807, 2.05) is 32.0 Å². The van der Waals surface area contributed by atoms with Crippen molar-refractivity contribution >= 4 is 17.5 Å². The van der Waals surface area contributed by atoms with Gasteiger partial charge in [0.2, 0.25) is 0 Å². The minimum Gasteiger partial charge on any atom is -0.467 e. The number of carbonyl (C=O) groups excluding carboxylic acids is 2. The van der Waals surface area contributed by atoms with Crippen molar-refractivity contribution in [2.45, 2.75) is 20.4 Å². The third-order valence-electron chi connectivity index (χ3n) is 4.11. The Bertz CT molecular complexity index is 933. The van der Waals surface area contributed by atoms with E-state index in [-0.39, 0.29) is 24.1 Å². The number of nitrogens with one attached hydrogen (secondary N) is 2. The Kier molecular flexibility index (Phi) is 5.12. The third-order valence-corrected chi connectivity index (χ3v) is 4.11. The molecular weight excluding hydrogens is 330 g/mol. The van der Waals surface area contributed by atoms with E-state index < -0.39 is 0 Å². The topological polar surface area (TPSA) is 84.2 Å². The molecule has 2 amide bonds. The molecule has 0 unspecified atom stereocenters. The van der Waals surface area contributed by atoms with Crippen molar-refractivity contribution in [1.82, 2.24) is 10.3 Å². The summed E-state index contributed by atoms with van der Waals surface area (Å²) in [6, 6.07) is 12.3. The fourth-order valence-corrected chi connectivity index (χ4v) is 2.45. The van der Waals surface area contributed by atoms with Crippen molar-refractivity contribution < 1.29 is 14.0 Å². The van der Waals surface area contributed by atoms with Crippen LogP contribution in [0.3, 0.4) is 0 Å². The van der Waals surface area contributed by atoms with Crippen LogP contribution in [0.25, 0.3) is 0 Å². The average Bonchev–Trinajstić information content (AvgIpc) is 3.17. The van der Waals surface area contributed by atoms with E-state index in [1.165, 1.54) is 12.3 Å². The van der Waals surface area contributed by atoms with E-state index in [0.29, 0.717) is 11.3 Å². The highest BCUT2D eigenvalue weighted by Gasteiger charge is 2.13. The molecule has 2 aromatic heterocycles. The highest BCUT2D eigenvalue weighted by molar-refractivity contribution is 6.05. The largest absolute Gasteiger partial charge is 0.467 e. The Morgan fingerprint density at radius 1 is 1.08 bits per heavy atom. The van der Waals surface area contributed by atoms with Crippen LogP contribution in [0.5, 0.6) is 0 Å². The molecule has 6 nitrogen and oxygen atoms in total. The first-order valence-corrected chi connectivity index (χ1v) is 8.19. The fraction of sp³-hybridized carbons (Fsp3) is 0.150. The first kappa shape index (κ1) is 17.4. The van der Waals surface area contributed by atoms with Crippen LogP contribution in [0.1, 0.15) is 37.7 Å². The quantitative estimate of drug-likeness (QED) is 0.739. The summed E-state index contributed by atoms with van der Waals surface area (Å²) in [5.74, 6) is -0.00994. The molecule has 0 aliphatic heterocycles. The molecule has 6 heteroatoms. The average molecular weight is 349 g/mol. The minimum atomic E-state index is -0.362. The van der Waals surface area contributed by atoms with Crippen LogP contribution >= 0.6 is 0 Å². The highest BCUT2D eigenvalue weighted by atomic mass is 16.3. The molecule has 3 rings (SSSR count). The van der Waals surface area contributed by atoms with E-state index in [1.54, 1.807) is 24.5 Å². The van der Waals surface area contributed by atoms with Crippen LogP contribution in [0.2, 0.25) is 0 Å². The molecule has 132 valence electrons. The maximum Gasteiger partial charge on any atom is 0.274 e. The zero-order valence-electron chi connectivity index (χ0n) is 14.6. The van der Waals surface area contributed by atoms with E-state index in [4.69, 9.17) is 4.42 Å². The monoisotopic (exact) mass is 349 g/mol. The summed E-state index contributed by atoms with van der Waals surface area (Å²) >= 11 is 0. The smallest absolute Gasteiger partial charge is 0.274 e. The van der Waals surface area contributed by atoms with Crippen LogP contribution in [0, 0.1) is 13.8 Å². The lowest BCUT2D eigenvalue weighted by Crippen LogP contribution is -2.23. The normalized spacial score (nSPS) is 10.4. The summed E-state index contributed by atoms with van der Waals surface area (Å²) in [6.07, 6.45) is 2.99. The number of hydrogen-bond acceptors (Lipinski definition) is 4. The molecule has 0 bridgehead atoms. The van der Waals surface area contributed by atoms with E-state index in [2.05, 4.69) is 15.6 Å². The van der Waals surface area contributed by atoms with Gasteiger partial charge in [0, 0.05) is 17.4 Å². The maximum absolute atomic E-state index is 12.5. The predicted molar refractivity (Wildman–Crippen MR) is 98.0 cm³/mol. The number of pyridine rings is 1. The molecular formula is C20H19N3O3. The van der Waals surface area contributed by atoms with Gasteiger partial charge in [-0.1, -0.05) is 12.1 Å². The van der Waals surface area contributed by atoms with Gasteiger partial charge in [0.05, 0.1) is 12.8 Å². The molecule has 0 spiro atoms. The number of benzene rings is 1. The van der Waals surface area contributed by atoms with Crippen molar-refractivity contribution in [2.75, 3.05) is 5.32 Å². The van der Waals surface area contributed by atoms with E-state index in [0.717, 1.165) is 16.8 Å². The summed E-state index contributed by atoms with van der Waals surface area (Å²) in [7, 11) is 0. The number of furan rings is 1. The molecule has 0 saturated carbocycles. The molecule has 3 aromatic rings. The van der Waals surface area contributed by atoms with Gasteiger partial charge < -0.3 is 15.1 Å². The lowest BCUT2D eigenvalue weighted by Gasteiger charge is -2.10. The highest BCUT2D eigenvalue weighted by Crippen LogP contribution is 2.18. The first-order valence-electron chi connectivity index (χ1n) is 8.19. The van der Waals surface area contributed by atoms with Crippen molar-refractivity contribution in [3.05, 3.63) is 83.1 Å². The van der Waals surface area contributed by atoms with Gasteiger partial charge >= 0.3 is 0 Å². The molecule has 2 heterocycles. The van der Waals surface area contributed by atoms with Gasteiger partial charge in [0.25, 0.3) is 11.8 Å². The predicted octanol–water partition coefficient (Wildman–Crippen LogP) is 3.47. The van der Waals surface area contributed by atoms with Gasteiger partial charge in [0.15, 0.2) is 0 Å². The Hall–Kier alpha value is -3.41. The SMILES string of the molecule is Cc1cccc(NC(=O)c2cc(C(=O)NCc3ccco3)ccn2)c1C. The van der Waals surface area contributed by atoms with Crippen molar-refractivity contribution in [3.8, 4) is 0 Å². The molecule has 2 N–H and O–H groups in total. The molecule has 0 aliphatic carbocycles. The molecule has 0 aliphatic rings. The number of anilines is 1. The second kappa shape index (κ2) is 7.65. The van der Waals surface area contributed by atoms with Gasteiger partial charge in [-0.2, -0.15) is 0 Å². The molecule has 1 aromatic carbocycles. The second-order valence-electron chi connectivity index (χ2n) is 5.89. The number of aryl methyl sites for hydroxylation is 1. The zero-order valence-corrected chi connectivity index (χ0v) is 14.6. The molecule has 0 atom stereocenters. The van der Waals surface area contributed by atoms with E-state index >= 15 is 0 Å². The van der Waals surface area contributed by atoms with E-state index in [9.17, 15) is 9.59 Å². The Labute approximate surface area is 151 Å². The molecule has 0 radical (unpaired) electrons. The zero-order chi connectivity index (χ0) is 18.5. The van der Waals surface area contributed by atoms with Crippen LogP contribution < -0.4 is 10.6 Å². The van der Waals surface area contributed by atoms with Crippen LogP contribution in [0.4, 0.5) is 5.69 Å². The standard InChI is InChI=1S/C20H19N3O3/c1-13-5-3-7-17(14(13)2)23-20(25)18-11-15(8-9-21-18)19(24)22-12-16-6-4-10-26-16/h3-11H,12H2,1-2H3,(H,22,24)(H,23,25). The molecule has 0 fully saturated rings. The number of rotatable bonds is 5. The lowest BCUT2D eigenvalue weighted by atomic mass is 10.1. The summed E-state index contributed by atoms with van der Waals surface area (Å²) < 4.78 is 5.18. The van der Waals surface area contributed by atoms with Crippen molar-refractivity contribution in [2.24, 2.45) is 0 Å². The second-order valence-corrected chi connectivity index (χ2v) is 5.89. The maximum atomic E-state index is 12.5. The number of hydrogen-bond donors (Lipinski definition) is 2. The van der Waals surface area contributed by atoms with Crippen molar-refractivity contribution in [1.29, 1.82) is 0 Å². The van der Waals surface area contributed by atoms with Crippen LogP contribution in [-0.4, -0.2) is 16.8 Å². The van der Waals surface area contributed by atoms with Gasteiger partial charge in [0.1, 0.15) is 11.5 Å². The number of amides is 2. The Morgan fingerprint density at radius 2 is 1.92 bits per heavy atom. The van der Waals surface area contributed by atoms with Crippen molar-refractivity contribution in [3.63, 3.8) is 0 Å². The number of nitrogens with zero attached hydrogens (tertiary/aromatic N) is 1. The van der Waals surface area contributed by atoms with Gasteiger partial charge in [-0.25, -0.2) is 0 Å². The summed E-state index contributed by atoms with van der Waals surface area (Å²) in [6.45, 7) is 4.20. The summed E-state index contributed by atoms with van der Waals surface area (Å²) in [4.78, 5) is 28.8. The Balaban J connectivity index is 1.70. The molecule has 0 saturated heterocycles. The first-order chi connectivity index (χ1) is 12.5. The molecule has 26 heavy (non-hydrogen) atoms. The minimum absolute atomic E-state index is 0.177. The number of carbonyl (C=O) groups is 2.